The molecule has 0 amide bonds. The minimum atomic E-state index is -0.218. The van der Waals surface area contributed by atoms with E-state index in [4.69, 9.17) is 5.73 Å². The zero-order valence-electron chi connectivity index (χ0n) is 9.92. The molecule has 1 aromatic carbocycles. The Labute approximate surface area is 91.5 Å². The Morgan fingerprint density at radius 1 is 1.20 bits per heavy atom. The van der Waals surface area contributed by atoms with Crippen molar-refractivity contribution in [1.29, 1.82) is 0 Å². The lowest BCUT2D eigenvalue weighted by Gasteiger charge is -2.24. The molecule has 2 unspecified atom stereocenters. The SMILES string of the molecule is Cc1ccc(F)c(C(N)C(C)C(C)C)c1. The summed E-state index contributed by atoms with van der Waals surface area (Å²) in [5.74, 6) is 0.543. The summed E-state index contributed by atoms with van der Waals surface area (Å²) < 4.78 is 13.6. The highest BCUT2D eigenvalue weighted by molar-refractivity contribution is 5.27. The van der Waals surface area contributed by atoms with E-state index in [2.05, 4.69) is 20.8 Å². The third-order valence-corrected chi connectivity index (χ3v) is 3.13. The molecule has 0 saturated heterocycles. The van der Waals surface area contributed by atoms with Crippen LogP contribution in [0.5, 0.6) is 0 Å². The lowest BCUT2D eigenvalue weighted by Crippen LogP contribution is -2.24. The van der Waals surface area contributed by atoms with Gasteiger partial charge in [-0.25, -0.2) is 4.39 Å². The van der Waals surface area contributed by atoms with Crippen molar-refractivity contribution in [3.63, 3.8) is 0 Å². The fraction of sp³-hybridized carbons (Fsp3) is 0.538. The molecule has 0 saturated carbocycles. The van der Waals surface area contributed by atoms with Gasteiger partial charge in [0.1, 0.15) is 5.82 Å². The molecule has 0 bridgehead atoms. The molecule has 2 atom stereocenters. The smallest absolute Gasteiger partial charge is 0.127 e. The summed E-state index contributed by atoms with van der Waals surface area (Å²) >= 11 is 0. The quantitative estimate of drug-likeness (QED) is 0.811. The number of nitrogens with two attached hydrogens (primary N) is 1. The first-order chi connectivity index (χ1) is 6.93. The first-order valence-corrected chi connectivity index (χ1v) is 5.45. The average molecular weight is 209 g/mol. The van der Waals surface area contributed by atoms with Gasteiger partial charge in [-0.2, -0.15) is 0 Å². The molecule has 0 aliphatic rings. The van der Waals surface area contributed by atoms with Crippen LogP contribution in [0.25, 0.3) is 0 Å². The molecular formula is C13H20FN. The number of hydrogen-bond acceptors (Lipinski definition) is 1. The van der Waals surface area contributed by atoms with Crippen LogP contribution in [0.4, 0.5) is 4.39 Å². The van der Waals surface area contributed by atoms with Gasteiger partial charge < -0.3 is 5.73 Å². The molecule has 1 aromatic rings. The first-order valence-electron chi connectivity index (χ1n) is 5.45. The molecule has 15 heavy (non-hydrogen) atoms. The molecule has 0 aliphatic carbocycles. The highest BCUT2D eigenvalue weighted by Gasteiger charge is 2.20. The fourth-order valence-electron chi connectivity index (χ4n) is 1.62. The van der Waals surface area contributed by atoms with E-state index in [1.165, 1.54) is 6.07 Å². The molecule has 1 nitrogen and oxygen atoms in total. The van der Waals surface area contributed by atoms with E-state index in [9.17, 15) is 4.39 Å². The normalized spacial score (nSPS) is 15.4. The minimum Gasteiger partial charge on any atom is -0.324 e. The van der Waals surface area contributed by atoms with Crippen molar-refractivity contribution >= 4 is 0 Å². The molecule has 2 N–H and O–H groups in total. The molecule has 0 spiro atoms. The number of benzene rings is 1. The standard InChI is InChI=1S/C13H20FN/c1-8(2)10(4)13(15)11-7-9(3)5-6-12(11)14/h5-8,10,13H,15H2,1-4H3. The van der Waals surface area contributed by atoms with Gasteiger partial charge in [-0.1, -0.05) is 38.5 Å². The molecule has 0 heterocycles. The van der Waals surface area contributed by atoms with Crippen LogP contribution in [-0.4, -0.2) is 0 Å². The Morgan fingerprint density at radius 3 is 2.33 bits per heavy atom. The molecular weight excluding hydrogens is 189 g/mol. The van der Waals surface area contributed by atoms with Crippen molar-refractivity contribution in [3.05, 3.63) is 35.1 Å². The van der Waals surface area contributed by atoms with Gasteiger partial charge in [0.05, 0.1) is 0 Å². The summed E-state index contributed by atoms with van der Waals surface area (Å²) in [6.07, 6.45) is 0. The van der Waals surface area contributed by atoms with Crippen LogP contribution in [0.15, 0.2) is 18.2 Å². The van der Waals surface area contributed by atoms with Crippen LogP contribution in [-0.2, 0) is 0 Å². The summed E-state index contributed by atoms with van der Waals surface area (Å²) in [4.78, 5) is 0. The minimum absolute atomic E-state index is 0.194. The Morgan fingerprint density at radius 2 is 1.80 bits per heavy atom. The van der Waals surface area contributed by atoms with Gasteiger partial charge in [0, 0.05) is 11.6 Å². The van der Waals surface area contributed by atoms with E-state index in [1.807, 2.05) is 13.0 Å². The topological polar surface area (TPSA) is 26.0 Å². The predicted octanol–water partition coefficient (Wildman–Crippen LogP) is 3.43. The molecule has 0 aromatic heterocycles. The third-order valence-electron chi connectivity index (χ3n) is 3.13. The molecule has 0 fully saturated rings. The highest BCUT2D eigenvalue weighted by Crippen LogP contribution is 2.27. The van der Waals surface area contributed by atoms with Crippen molar-refractivity contribution in [2.45, 2.75) is 33.7 Å². The maximum atomic E-state index is 13.6. The summed E-state index contributed by atoms with van der Waals surface area (Å²) in [5.41, 5.74) is 7.76. The Bertz CT molecular complexity index is 333. The molecule has 1 rings (SSSR count). The molecule has 0 radical (unpaired) electrons. The Kier molecular flexibility index (Phi) is 3.86. The molecule has 2 heteroatoms. The van der Waals surface area contributed by atoms with Crippen LogP contribution in [0.2, 0.25) is 0 Å². The van der Waals surface area contributed by atoms with E-state index in [0.29, 0.717) is 11.5 Å². The monoisotopic (exact) mass is 209 g/mol. The predicted molar refractivity (Wildman–Crippen MR) is 62.1 cm³/mol. The van der Waals surface area contributed by atoms with E-state index in [-0.39, 0.29) is 17.8 Å². The zero-order valence-corrected chi connectivity index (χ0v) is 9.92. The summed E-state index contributed by atoms with van der Waals surface area (Å²) in [6, 6.07) is 4.90. The van der Waals surface area contributed by atoms with Crippen molar-refractivity contribution in [1.82, 2.24) is 0 Å². The van der Waals surface area contributed by atoms with Crippen LogP contribution >= 0.6 is 0 Å². The van der Waals surface area contributed by atoms with Crippen LogP contribution in [0.3, 0.4) is 0 Å². The lowest BCUT2D eigenvalue weighted by atomic mass is 9.86. The van der Waals surface area contributed by atoms with Crippen LogP contribution in [0.1, 0.15) is 37.9 Å². The number of rotatable bonds is 3. The Balaban J connectivity index is 2.99. The van der Waals surface area contributed by atoms with Crippen LogP contribution in [0, 0.1) is 24.6 Å². The van der Waals surface area contributed by atoms with Crippen molar-refractivity contribution in [2.75, 3.05) is 0 Å². The summed E-state index contributed by atoms with van der Waals surface area (Å²) in [7, 11) is 0. The van der Waals surface area contributed by atoms with Crippen molar-refractivity contribution in [3.8, 4) is 0 Å². The Hall–Kier alpha value is -0.890. The van der Waals surface area contributed by atoms with E-state index < -0.39 is 0 Å². The molecule has 0 aliphatic heterocycles. The van der Waals surface area contributed by atoms with E-state index in [1.54, 1.807) is 6.07 Å². The van der Waals surface area contributed by atoms with E-state index >= 15 is 0 Å². The van der Waals surface area contributed by atoms with Gasteiger partial charge in [-0.15, -0.1) is 0 Å². The number of hydrogen-bond donors (Lipinski definition) is 1. The third kappa shape index (κ3) is 2.78. The number of halogens is 1. The molecule has 84 valence electrons. The zero-order chi connectivity index (χ0) is 11.6. The van der Waals surface area contributed by atoms with Crippen molar-refractivity contribution in [2.24, 2.45) is 17.6 Å². The van der Waals surface area contributed by atoms with Gasteiger partial charge in [-0.3, -0.25) is 0 Å². The van der Waals surface area contributed by atoms with Gasteiger partial charge in [-0.05, 0) is 24.8 Å². The van der Waals surface area contributed by atoms with Crippen molar-refractivity contribution < 1.29 is 4.39 Å². The van der Waals surface area contributed by atoms with E-state index in [0.717, 1.165) is 5.56 Å². The largest absolute Gasteiger partial charge is 0.324 e. The van der Waals surface area contributed by atoms with Gasteiger partial charge >= 0.3 is 0 Å². The lowest BCUT2D eigenvalue weighted by molar-refractivity contribution is 0.345. The maximum absolute atomic E-state index is 13.6. The summed E-state index contributed by atoms with van der Waals surface area (Å²) in [5, 5.41) is 0. The van der Waals surface area contributed by atoms with Gasteiger partial charge in [0.2, 0.25) is 0 Å². The average Bonchev–Trinajstić information content (AvgIpc) is 2.19. The van der Waals surface area contributed by atoms with Gasteiger partial charge in [0.25, 0.3) is 0 Å². The number of aryl methyl sites for hydroxylation is 1. The second-order valence-electron chi connectivity index (χ2n) is 4.65. The first kappa shape index (κ1) is 12.2. The van der Waals surface area contributed by atoms with Gasteiger partial charge in [0.15, 0.2) is 0 Å². The second kappa shape index (κ2) is 4.75. The van der Waals surface area contributed by atoms with Crippen LogP contribution < -0.4 is 5.73 Å². The highest BCUT2D eigenvalue weighted by atomic mass is 19.1. The second-order valence-corrected chi connectivity index (χ2v) is 4.65. The maximum Gasteiger partial charge on any atom is 0.127 e. The summed E-state index contributed by atoms with van der Waals surface area (Å²) in [6.45, 7) is 8.24. The fourth-order valence-corrected chi connectivity index (χ4v) is 1.62.